The molecule has 3 unspecified atom stereocenters. The molecule has 2 aliphatic rings. The van der Waals surface area contributed by atoms with Gasteiger partial charge in [0.15, 0.2) is 11.9 Å². The third kappa shape index (κ3) is 6.42. The molecule has 0 spiro atoms. The number of nitrogens with two attached hydrogens (primary N) is 1. The number of aliphatic hydroxyl groups is 1. The quantitative estimate of drug-likeness (QED) is 0.214. The minimum Gasteiger partial charge on any atom is -0.431 e. The number of anilines is 2. The number of alkyl halides is 2. The number of ether oxygens (including phenoxy) is 4. The van der Waals surface area contributed by atoms with Gasteiger partial charge in [0.1, 0.15) is 24.1 Å². The fourth-order valence-electron chi connectivity index (χ4n) is 5.06. The maximum atomic E-state index is 14.7. The lowest BCUT2D eigenvalue weighted by Crippen LogP contribution is -2.42. The average Bonchev–Trinajstić information content (AvgIpc) is 3.19. The molecule has 4 N–H and O–H groups in total. The lowest BCUT2D eigenvalue weighted by Gasteiger charge is -2.25. The van der Waals surface area contributed by atoms with Crippen molar-refractivity contribution in [3.63, 3.8) is 0 Å². The maximum Gasteiger partial charge on any atom is 0.508 e. The van der Waals surface area contributed by atoms with Gasteiger partial charge in [-0.1, -0.05) is 30.3 Å². The first-order chi connectivity index (χ1) is 20.9. The Hall–Kier alpha value is -4.40. The standard InChI is InChI=1S/C30H32F2N4O8/c1-29(2,16-41-14-4-12-34-19-9-7-17-5-3-6-18-8-10-20(37)24(19)23(17)18)44-28(40)42-15-21-25(38)30(31,32)26(43-21)36-13-11-22(33)35-27(36)39/h3,5-11,13,21,25-26,34,38H,4,12,14-16H2,1-2H3,(H2,33,35,39). The van der Waals surface area contributed by atoms with E-state index in [4.69, 9.17) is 24.7 Å². The highest BCUT2D eigenvalue weighted by molar-refractivity contribution is 6.23. The summed E-state index contributed by atoms with van der Waals surface area (Å²) in [6.07, 6.45) is -2.44. The highest BCUT2D eigenvalue weighted by Gasteiger charge is 2.60. The summed E-state index contributed by atoms with van der Waals surface area (Å²) in [7, 11) is 0. The number of nitrogen functional groups attached to an aromatic ring is 1. The molecule has 3 aromatic rings. The molecular formula is C30H32F2N4O8. The van der Waals surface area contributed by atoms with Crippen LogP contribution in [-0.2, 0) is 18.9 Å². The second kappa shape index (κ2) is 12.3. The summed E-state index contributed by atoms with van der Waals surface area (Å²) >= 11 is 0. The number of carbonyl (C=O) groups excluding carboxylic acids is 2. The molecule has 5 rings (SSSR count). The number of hydrogen-bond acceptors (Lipinski definition) is 11. The Morgan fingerprint density at radius 2 is 2.00 bits per heavy atom. The molecule has 3 atom stereocenters. The van der Waals surface area contributed by atoms with Crippen molar-refractivity contribution in [1.82, 2.24) is 9.55 Å². The Morgan fingerprint density at radius 1 is 1.20 bits per heavy atom. The van der Waals surface area contributed by atoms with Gasteiger partial charge in [-0.25, -0.2) is 9.59 Å². The molecule has 2 aromatic carbocycles. The number of nitrogens with zero attached hydrogens (tertiary/aromatic N) is 2. The third-order valence-corrected chi connectivity index (χ3v) is 7.18. The van der Waals surface area contributed by atoms with Crippen LogP contribution in [0.4, 0.5) is 25.1 Å². The van der Waals surface area contributed by atoms with E-state index in [1.807, 2.05) is 36.4 Å². The molecule has 2 heterocycles. The Bertz CT molecular complexity index is 1660. The van der Waals surface area contributed by atoms with Gasteiger partial charge in [-0.05, 0) is 49.4 Å². The van der Waals surface area contributed by atoms with E-state index >= 15 is 0 Å². The van der Waals surface area contributed by atoms with Gasteiger partial charge in [-0.2, -0.15) is 13.8 Å². The van der Waals surface area contributed by atoms with E-state index in [0.29, 0.717) is 29.7 Å². The zero-order chi connectivity index (χ0) is 31.6. The van der Waals surface area contributed by atoms with Gasteiger partial charge in [0.05, 0.1) is 12.2 Å². The van der Waals surface area contributed by atoms with Crippen molar-refractivity contribution in [1.29, 1.82) is 0 Å². The Morgan fingerprint density at radius 3 is 2.77 bits per heavy atom. The summed E-state index contributed by atoms with van der Waals surface area (Å²) in [4.78, 5) is 40.3. The van der Waals surface area contributed by atoms with Gasteiger partial charge in [-0.3, -0.25) is 9.36 Å². The van der Waals surface area contributed by atoms with Crippen molar-refractivity contribution < 1.29 is 42.4 Å². The fourth-order valence-corrected chi connectivity index (χ4v) is 5.06. The van der Waals surface area contributed by atoms with Crippen molar-refractivity contribution in [3.8, 4) is 0 Å². The Labute approximate surface area is 250 Å². The largest absolute Gasteiger partial charge is 0.508 e. The normalized spacial score (nSPS) is 20.6. The molecule has 234 valence electrons. The van der Waals surface area contributed by atoms with Crippen LogP contribution in [0.2, 0.25) is 0 Å². The molecule has 0 amide bonds. The van der Waals surface area contributed by atoms with E-state index in [-0.39, 0.29) is 18.2 Å². The summed E-state index contributed by atoms with van der Waals surface area (Å²) < 4.78 is 50.8. The number of carbonyl (C=O) groups is 2. The molecule has 14 heteroatoms. The number of rotatable bonds is 11. The number of ketones is 1. The highest BCUT2D eigenvalue weighted by atomic mass is 19.3. The van der Waals surface area contributed by atoms with Crippen LogP contribution in [-0.4, -0.2) is 76.7 Å². The summed E-state index contributed by atoms with van der Waals surface area (Å²) in [6.45, 7) is 3.24. The van der Waals surface area contributed by atoms with Gasteiger partial charge < -0.3 is 35.1 Å². The van der Waals surface area contributed by atoms with Crippen molar-refractivity contribution in [3.05, 3.63) is 70.3 Å². The molecule has 0 bridgehead atoms. The van der Waals surface area contributed by atoms with Gasteiger partial charge in [0.25, 0.3) is 0 Å². The van der Waals surface area contributed by atoms with Crippen LogP contribution in [0.1, 0.15) is 42.4 Å². The molecule has 1 saturated heterocycles. The van der Waals surface area contributed by atoms with Crippen LogP contribution >= 0.6 is 0 Å². The maximum absolute atomic E-state index is 14.7. The van der Waals surface area contributed by atoms with Crippen LogP contribution in [0.15, 0.2) is 53.5 Å². The average molecular weight is 615 g/mol. The molecule has 0 radical (unpaired) electrons. The van der Waals surface area contributed by atoms with Crippen LogP contribution in [0, 0.1) is 0 Å². The summed E-state index contributed by atoms with van der Waals surface area (Å²) in [6, 6.07) is 10.9. The number of nitrogens with one attached hydrogen (secondary N) is 1. The molecule has 1 aromatic heterocycles. The predicted octanol–water partition coefficient (Wildman–Crippen LogP) is 3.53. The number of benzene rings is 2. The van der Waals surface area contributed by atoms with E-state index < -0.39 is 48.4 Å². The zero-order valence-electron chi connectivity index (χ0n) is 24.0. The van der Waals surface area contributed by atoms with E-state index in [9.17, 15) is 28.3 Å². The Balaban J connectivity index is 1.05. The first kappa shape index (κ1) is 31.0. The van der Waals surface area contributed by atoms with E-state index in [1.165, 1.54) is 0 Å². The zero-order valence-corrected chi connectivity index (χ0v) is 24.0. The molecule has 1 aliphatic heterocycles. The number of aromatic nitrogens is 2. The summed E-state index contributed by atoms with van der Waals surface area (Å²) in [5, 5.41) is 15.3. The van der Waals surface area contributed by atoms with Crippen molar-refractivity contribution in [2.24, 2.45) is 0 Å². The number of halogens is 2. The Kier molecular flexibility index (Phi) is 8.68. The van der Waals surface area contributed by atoms with Crippen LogP contribution in [0.25, 0.3) is 16.8 Å². The van der Waals surface area contributed by atoms with E-state index in [2.05, 4.69) is 10.3 Å². The molecule has 12 nitrogen and oxygen atoms in total. The van der Waals surface area contributed by atoms with Crippen molar-refractivity contribution in [2.75, 3.05) is 37.4 Å². The van der Waals surface area contributed by atoms with Crippen LogP contribution in [0.5, 0.6) is 0 Å². The number of aliphatic hydroxyl groups excluding tert-OH is 1. The predicted molar refractivity (Wildman–Crippen MR) is 156 cm³/mol. The number of hydrogen-bond donors (Lipinski definition) is 3. The van der Waals surface area contributed by atoms with Crippen molar-refractivity contribution in [2.45, 2.75) is 50.2 Å². The van der Waals surface area contributed by atoms with Crippen LogP contribution in [0.3, 0.4) is 0 Å². The molecule has 44 heavy (non-hydrogen) atoms. The second-order valence-electron chi connectivity index (χ2n) is 11.1. The van der Waals surface area contributed by atoms with Crippen LogP contribution < -0.4 is 16.7 Å². The molecule has 0 saturated carbocycles. The van der Waals surface area contributed by atoms with Gasteiger partial charge in [0.2, 0.25) is 6.23 Å². The first-order valence-corrected chi connectivity index (χ1v) is 13.9. The molecular weight excluding hydrogens is 582 g/mol. The van der Waals surface area contributed by atoms with E-state index in [0.717, 1.165) is 34.3 Å². The number of allylic oxidation sites excluding steroid dienone is 1. The van der Waals surface area contributed by atoms with Gasteiger partial charge in [-0.15, -0.1) is 0 Å². The monoisotopic (exact) mass is 614 g/mol. The summed E-state index contributed by atoms with van der Waals surface area (Å²) in [5.74, 6) is -4.11. The molecule has 1 aliphatic carbocycles. The smallest absolute Gasteiger partial charge is 0.431 e. The molecule has 1 fully saturated rings. The van der Waals surface area contributed by atoms with Gasteiger partial charge >= 0.3 is 17.8 Å². The van der Waals surface area contributed by atoms with E-state index in [1.54, 1.807) is 19.9 Å². The van der Waals surface area contributed by atoms with Gasteiger partial charge in [0, 0.05) is 30.4 Å². The highest BCUT2D eigenvalue weighted by Crippen LogP contribution is 2.42. The third-order valence-electron chi connectivity index (χ3n) is 7.18. The second-order valence-corrected chi connectivity index (χ2v) is 11.1. The summed E-state index contributed by atoms with van der Waals surface area (Å²) in [5.41, 5.74) is 5.54. The minimum atomic E-state index is -3.89. The lowest BCUT2D eigenvalue weighted by molar-refractivity contribution is -0.141. The lowest BCUT2D eigenvalue weighted by atomic mass is 9.91. The minimum absolute atomic E-state index is 0.00567. The fraction of sp³-hybridized carbons (Fsp3) is 0.400. The topological polar surface area (TPSA) is 164 Å². The SMILES string of the molecule is CC(C)(COCCCNc1ccc2cccc3c2c1C(=O)C=C3)OC(=O)OCC1OC(n2ccc(N)nc2=O)C(F)(F)C1O. The van der Waals surface area contributed by atoms with Crippen molar-refractivity contribution >= 4 is 40.3 Å². The first-order valence-electron chi connectivity index (χ1n) is 13.9.